The number of ether oxygens (including phenoxy) is 1. The Morgan fingerprint density at radius 3 is 2.48 bits per heavy atom. The minimum Gasteiger partial charge on any atom is -0.453 e. The van der Waals surface area contributed by atoms with Crippen LogP contribution in [0.2, 0.25) is 0 Å². The third-order valence-corrected chi connectivity index (χ3v) is 8.03. The van der Waals surface area contributed by atoms with E-state index in [9.17, 15) is 22.9 Å². The molecule has 0 unspecified atom stereocenters. The fraction of sp³-hybridized carbons (Fsp3) is 0.222. The second-order valence-electron chi connectivity index (χ2n) is 9.62. The van der Waals surface area contributed by atoms with E-state index in [-0.39, 0.29) is 29.3 Å². The van der Waals surface area contributed by atoms with E-state index >= 15 is 4.39 Å². The molecule has 0 saturated heterocycles. The maximum absolute atomic E-state index is 15.1. The first-order valence-electron chi connectivity index (χ1n) is 12.8. The molecule has 0 bridgehead atoms. The number of pyridine rings is 1. The zero-order valence-electron chi connectivity index (χ0n) is 21.9. The fourth-order valence-corrected chi connectivity index (χ4v) is 5.53. The lowest BCUT2D eigenvalue weighted by atomic mass is 9.92. The lowest BCUT2D eigenvalue weighted by molar-refractivity contribution is -0.387. The highest BCUT2D eigenvalue weighted by atomic mass is 32.2. The minimum absolute atomic E-state index is 0.177. The van der Waals surface area contributed by atoms with Crippen molar-refractivity contribution in [1.29, 1.82) is 0 Å². The van der Waals surface area contributed by atoms with E-state index in [4.69, 9.17) is 10.5 Å². The lowest BCUT2D eigenvalue weighted by Crippen LogP contribution is -2.33. The number of benzene rings is 2. The van der Waals surface area contributed by atoms with Gasteiger partial charge in [0.15, 0.2) is 11.6 Å². The van der Waals surface area contributed by atoms with Gasteiger partial charge < -0.3 is 15.8 Å². The van der Waals surface area contributed by atoms with Gasteiger partial charge >= 0.3 is 5.69 Å². The van der Waals surface area contributed by atoms with Gasteiger partial charge in [-0.2, -0.15) is 4.39 Å². The largest absolute Gasteiger partial charge is 0.453 e. The van der Waals surface area contributed by atoms with E-state index < -0.39 is 37.2 Å². The molecular formula is C27H25F2N7O5S. The Labute approximate surface area is 239 Å². The number of anilines is 2. The molecule has 0 amide bonds. The summed E-state index contributed by atoms with van der Waals surface area (Å²) in [5.74, 6) is -1.76. The van der Waals surface area contributed by atoms with Crippen molar-refractivity contribution in [2.45, 2.75) is 42.7 Å². The van der Waals surface area contributed by atoms with Crippen molar-refractivity contribution in [1.82, 2.24) is 15.0 Å². The molecule has 2 heterocycles. The third-order valence-electron chi connectivity index (χ3n) is 6.65. The number of halogens is 2. The van der Waals surface area contributed by atoms with Gasteiger partial charge in [0, 0.05) is 48.9 Å². The molecule has 218 valence electrons. The Hall–Kier alpha value is -4.76. The van der Waals surface area contributed by atoms with E-state index in [0.717, 1.165) is 43.9 Å². The molecule has 2 aromatic carbocycles. The van der Waals surface area contributed by atoms with Crippen LogP contribution in [-0.2, 0) is 10.0 Å². The second-order valence-corrected chi connectivity index (χ2v) is 11.3. The van der Waals surface area contributed by atoms with Crippen molar-refractivity contribution in [3.05, 3.63) is 88.9 Å². The number of sulfonamides is 1. The zero-order chi connectivity index (χ0) is 29.9. The Morgan fingerprint density at radius 2 is 1.76 bits per heavy atom. The van der Waals surface area contributed by atoms with Crippen LogP contribution in [0.3, 0.4) is 0 Å². The van der Waals surface area contributed by atoms with Crippen molar-refractivity contribution < 1.29 is 26.9 Å². The van der Waals surface area contributed by atoms with Crippen LogP contribution in [-0.4, -0.2) is 40.4 Å². The molecule has 4 aromatic rings. The van der Waals surface area contributed by atoms with Crippen LogP contribution in [0.5, 0.6) is 11.5 Å². The first-order chi connectivity index (χ1) is 20.1. The number of nitrogens with two attached hydrogens (primary N) is 1. The third kappa shape index (κ3) is 6.58. The molecule has 2 aromatic heterocycles. The summed E-state index contributed by atoms with van der Waals surface area (Å²) in [5, 5.41) is 14.1. The topological polar surface area (TPSA) is 175 Å². The highest BCUT2D eigenvalue weighted by Gasteiger charge is 2.22. The molecule has 4 N–H and O–H groups in total. The first kappa shape index (κ1) is 28.8. The average Bonchev–Trinajstić information content (AvgIpc) is 2.96. The number of nitro groups is 1. The van der Waals surface area contributed by atoms with Gasteiger partial charge in [-0.15, -0.1) is 0 Å². The van der Waals surface area contributed by atoms with Crippen molar-refractivity contribution in [3.8, 4) is 22.8 Å². The molecule has 42 heavy (non-hydrogen) atoms. The predicted molar refractivity (Wildman–Crippen MR) is 149 cm³/mol. The number of rotatable bonds is 9. The second kappa shape index (κ2) is 12.0. The van der Waals surface area contributed by atoms with Crippen LogP contribution >= 0.6 is 0 Å². The summed E-state index contributed by atoms with van der Waals surface area (Å²) in [6.45, 7) is 0. The highest BCUT2D eigenvalue weighted by molar-refractivity contribution is 7.92. The number of nitrogens with zero attached hydrogens (tertiary/aromatic N) is 4. The van der Waals surface area contributed by atoms with Crippen molar-refractivity contribution in [2.75, 3.05) is 10.0 Å². The van der Waals surface area contributed by atoms with Crippen LogP contribution in [0.4, 0.5) is 26.1 Å². The van der Waals surface area contributed by atoms with Crippen LogP contribution in [0, 0.1) is 21.7 Å². The summed E-state index contributed by atoms with van der Waals surface area (Å²) in [5.41, 5.74) is 5.90. The van der Waals surface area contributed by atoms with E-state index in [1.54, 1.807) is 12.3 Å². The summed E-state index contributed by atoms with van der Waals surface area (Å²) in [6.07, 6.45) is 8.23. The number of aromatic nitrogens is 3. The molecule has 15 heteroatoms. The lowest BCUT2D eigenvalue weighted by Gasteiger charge is -2.26. The average molecular weight is 598 g/mol. The molecule has 1 aliphatic rings. The monoisotopic (exact) mass is 597 g/mol. The van der Waals surface area contributed by atoms with Gasteiger partial charge in [-0.25, -0.2) is 22.8 Å². The van der Waals surface area contributed by atoms with Crippen molar-refractivity contribution in [3.63, 3.8) is 0 Å². The van der Waals surface area contributed by atoms with Gasteiger partial charge in [0.1, 0.15) is 5.75 Å². The van der Waals surface area contributed by atoms with E-state index in [1.807, 2.05) is 0 Å². The van der Waals surface area contributed by atoms with Crippen molar-refractivity contribution >= 4 is 27.3 Å². The Bertz CT molecular complexity index is 1730. The molecule has 12 nitrogen and oxygen atoms in total. The maximum atomic E-state index is 15.1. The van der Waals surface area contributed by atoms with Crippen LogP contribution in [0.1, 0.15) is 25.7 Å². The SMILES string of the molecule is NC1CCC(Nc2nccc(-c3cnccc3Oc3ccc(NS(=O)(=O)c4ccc([N+](=O)[O-])c(F)c4)cc3F)n2)CC1. The van der Waals surface area contributed by atoms with Crippen molar-refractivity contribution in [2.24, 2.45) is 5.73 Å². The molecule has 0 radical (unpaired) electrons. The van der Waals surface area contributed by atoms with Gasteiger partial charge in [0.05, 0.1) is 26.8 Å². The van der Waals surface area contributed by atoms with Gasteiger partial charge in [0.2, 0.25) is 11.8 Å². The highest BCUT2D eigenvalue weighted by Crippen LogP contribution is 2.34. The van der Waals surface area contributed by atoms with Gasteiger partial charge in [-0.1, -0.05) is 0 Å². The van der Waals surface area contributed by atoms with Crippen LogP contribution < -0.4 is 20.5 Å². The Balaban J connectivity index is 1.32. The van der Waals surface area contributed by atoms with E-state index in [1.165, 1.54) is 30.6 Å². The number of hydrogen-bond acceptors (Lipinski definition) is 10. The van der Waals surface area contributed by atoms with E-state index in [2.05, 4.69) is 25.0 Å². The number of hydrogen-bond donors (Lipinski definition) is 3. The molecule has 1 fully saturated rings. The number of nitro benzene ring substituents is 1. The molecule has 0 aliphatic heterocycles. The van der Waals surface area contributed by atoms with Crippen LogP contribution in [0.25, 0.3) is 11.3 Å². The van der Waals surface area contributed by atoms with Gasteiger partial charge in [-0.05, 0) is 56.0 Å². The quantitative estimate of drug-likeness (QED) is 0.176. The Kier molecular flexibility index (Phi) is 8.22. The summed E-state index contributed by atoms with van der Waals surface area (Å²) < 4.78 is 62.3. The summed E-state index contributed by atoms with van der Waals surface area (Å²) in [4.78, 5) is 22.3. The molecule has 1 aliphatic carbocycles. The molecular weight excluding hydrogens is 572 g/mol. The van der Waals surface area contributed by atoms with Gasteiger partial charge in [-0.3, -0.25) is 19.8 Å². The fourth-order valence-electron chi connectivity index (χ4n) is 4.47. The van der Waals surface area contributed by atoms with E-state index in [0.29, 0.717) is 23.3 Å². The summed E-state index contributed by atoms with van der Waals surface area (Å²) >= 11 is 0. The normalized spacial score (nSPS) is 16.9. The zero-order valence-corrected chi connectivity index (χ0v) is 22.7. The minimum atomic E-state index is -4.38. The molecule has 0 spiro atoms. The van der Waals surface area contributed by atoms with Gasteiger partial charge in [0.25, 0.3) is 10.0 Å². The molecule has 0 atom stereocenters. The standard InChI is InChI=1S/C27H25F2N7O5S/c28-21-14-19(6-7-24(21)36(37)38)42(39,40)35-18-5-8-26(22(29)13-18)41-25-10-11-31-15-20(25)23-9-12-32-27(34-23)33-17-3-1-16(30)2-4-17/h5-17,35H,1-4,30H2,(H,32,33,34). The summed E-state index contributed by atoms with van der Waals surface area (Å²) in [7, 11) is -4.38. The predicted octanol–water partition coefficient (Wildman–Crippen LogP) is 5.00. The summed E-state index contributed by atoms with van der Waals surface area (Å²) in [6, 6.07) is 9.09. The van der Waals surface area contributed by atoms with Crippen LogP contribution in [0.15, 0.2) is 72.0 Å². The number of nitrogens with one attached hydrogen (secondary N) is 2. The molecule has 5 rings (SSSR count). The smallest absolute Gasteiger partial charge is 0.304 e. The first-order valence-corrected chi connectivity index (χ1v) is 14.3. The molecule has 1 saturated carbocycles. The maximum Gasteiger partial charge on any atom is 0.304 e. The Morgan fingerprint density at radius 1 is 0.976 bits per heavy atom.